The summed E-state index contributed by atoms with van der Waals surface area (Å²) in [6.07, 6.45) is -9.57. The maximum Gasteiger partial charge on any atom is 0.408 e. The fourth-order valence-electron chi connectivity index (χ4n) is 10.0. The number of aliphatic hydroxyl groups is 3. The van der Waals surface area contributed by atoms with Gasteiger partial charge in [0.1, 0.15) is 17.8 Å². The van der Waals surface area contributed by atoms with Crippen molar-refractivity contribution in [1.29, 1.82) is 0 Å². The molecule has 1 unspecified atom stereocenters. The predicted octanol–water partition coefficient (Wildman–Crippen LogP) is 4.06. The third-order valence-corrected chi connectivity index (χ3v) is 13.3. The highest BCUT2D eigenvalue weighted by Crippen LogP contribution is 2.63. The van der Waals surface area contributed by atoms with Crippen molar-refractivity contribution in [2.24, 2.45) is 16.7 Å². The smallest absolute Gasteiger partial charge is 0.408 e. The Hall–Kier alpha value is -4.87. The molecule has 1 saturated heterocycles. The summed E-state index contributed by atoms with van der Waals surface area (Å²) >= 11 is 6.15. The van der Waals surface area contributed by atoms with Crippen LogP contribution in [0.5, 0.6) is 0 Å². The lowest BCUT2D eigenvalue weighted by atomic mass is 9.44. The van der Waals surface area contributed by atoms with Crippen LogP contribution in [0.4, 0.5) is 4.79 Å². The van der Waals surface area contributed by atoms with E-state index in [0.717, 1.165) is 13.8 Å². The number of benzene rings is 2. The molecular weight excluding hydrogens is 828 g/mol. The van der Waals surface area contributed by atoms with E-state index in [-0.39, 0.29) is 29.7 Å². The van der Waals surface area contributed by atoms with Crippen LogP contribution in [-0.2, 0) is 42.9 Å². The number of halogens is 1. The van der Waals surface area contributed by atoms with Crippen molar-refractivity contribution in [2.45, 2.75) is 135 Å². The Morgan fingerprint density at radius 3 is 2.13 bits per heavy atom. The second-order valence-corrected chi connectivity index (χ2v) is 18.9. The summed E-state index contributed by atoms with van der Waals surface area (Å²) in [6.45, 7) is 13.0. The predicted molar refractivity (Wildman–Crippen MR) is 220 cm³/mol. The van der Waals surface area contributed by atoms with Crippen LogP contribution in [0.2, 0.25) is 5.02 Å². The molecule has 0 spiro atoms. The lowest BCUT2D eigenvalue weighted by Crippen LogP contribution is -2.83. The second kappa shape index (κ2) is 16.7. The van der Waals surface area contributed by atoms with E-state index >= 15 is 4.79 Å². The summed E-state index contributed by atoms with van der Waals surface area (Å²) in [4.78, 5) is 83.2. The zero-order valence-corrected chi connectivity index (χ0v) is 36.9. The molecule has 2 bridgehead atoms. The van der Waals surface area contributed by atoms with Gasteiger partial charge in [0, 0.05) is 48.6 Å². The molecule has 5 N–H and O–H groups in total. The van der Waals surface area contributed by atoms with Gasteiger partial charge in [0.2, 0.25) is 0 Å². The minimum atomic E-state index is -2.32. The Morgan fingerprint density at radius 1 is 0.952 bits per heavy atom. The Morgan fingerprint density at radius 2 is 1.58 bits per heavy atom. The number of alkyl carbamates (subject to hydrolysis) is 1. The second-order valence-electron chi connectivity index (χ2n) is 18.4. The standard InChI is InChI=1S/C45H55ClN2O14/c1-22-28(60-39(55)33(52)32(25-13-11-10-12-14-25)47-40(56)62-41(4,5)6)20-45(57)36(48-38(54)26-15-17-27(46)18-16-26)35-43(9,29(51)19-30-44(35,21-58-30)61-24(3)50)37(53)34(59-23(2)49)31(22)42(45,7)8/h10-18,28-30,32-36,51-52,57H,19-21H2,1-9H3,(H,47,56)(H,48,54)/t28-,29-,30+,32-,33-,34+,35?,36-,43+,44-,45+/m0/s1. The zero-order valence-electron chi connectivity index (χ0n) is 36.1. The van der Waals surface area contributed by atoms with E-state index in [2.05, 4.69) is 10.6 Å². The number of ketones is 1. The zero-order chi connectivity index (χ0) is 45.9. The van der Waals surface area contributed by atoms with Crippen molar-refractivity contribution in [3.63, 3.8) is 0 Å². The number of carbonyl (C=O) groups is 6. The number of hydrogen-bond acceptors (Lipinski definition) is 14. The first-order chi connectivity index (χ1) is 28.8. The van der Waals surface area contributed by atoms with Gasteiger partial charge in [-0.1, -0.05) is 55.8 Å². The molecule has 6 rings (SSSR count). The number of carbonyl (C=O) groups excluding carboxylic acids is 6. The topological polar surface area (TPSA) is 233 Å². The summed E-state index contributed by atoms with van der Waals surface area (Å²) in [5, 5.41) is 43.3. The minimum Gasteiger partial charge on any atom is -0.456 e. The number of ether oxygens (including phenoxy) is 5. The Kier molecular flexibility index (Phi) is 12.5. The van der Waals surface area contributed by atoms with Gasteiger partial charge in [-0.2, -0.15) is 0 Å². The number of esters is 3. The molecule has 17 heteroatoms. The molecule has 16 nitrogen and oxygen atoms in total. The van der Waals surface area contributed by atoms with Crippen LogP contribution in [0, 0.1) is 16.7 Å². The third-order valence-electron chi connectivity index (χ3n) is 13.1. The van der Waals surface area contributed by atoms with Crippen LogP contribution >= 0.6 is 11.6 Å². The lowest BCUT2D eigenvalue weighted by Gasteiger charge is -2.68. The molecule has 2 amide bonds. The molecule has 2 saturated carbocycles. The van der Waals surface area contributed by atoms with Gasteiger partial charge in [0.05, 0.1) is 35.8 Å². The first-order valence-electron chi connectivity index (χ1n) is 20.4. The van der Waals surface area contributed by atoms with Crippen LogP contribution < -0.4 is 10.6 Å². The highest BCUT2D eigenvalue weighted by molar-refractivity contribution is 6.30. The normalized spacial score (nSPS) is 32.2. The first kappa shape index (κ1) is 46.6. The van der Waals surface area contributed by atoms with Crippen molar-refractivity contribution in [2.75, 3.05) is 6.61 Å². The van der Waals surface area contributed by atoms with Crippen LogP contribution in [0.3, 0.4) is 0 Å². The van der Waals surface area contributed by atoms with E-state index in [0.29, 0.717) is 10.6 Å². The van der Waals surface area contributed by atoms with Gasteiger partial charge in [-0.3, -0.25) is 19.2 Å². The van der Waals surface area contributed by atoms with Crippen LogP contribution in [0.15, 0.2) is 65.7 Å². The highest BCUT2D eigenvalue weighted by atomic mass is 35.5. The van der Waals surface area contributed by atoms with Crippen LogP contribution in [-0.4, -0.2) is 111 Å². The van der Waals surface area contributed by atoms with E-state index < -0.39 is 118 Å². The summed E-state index contributed by atoms with van der Waals surface area (Å²) < 4.78 is 29.3. The lowest BCUT2D eigenvalue weighted by molar-refractivity contribution is -0.332. The van der Waals surface area contributed by atoms with Gasteiger partial charge in [0.25, 0.3) is 5.91 Å². The number of aliphatic hydroxyl groups excluding tert-OH is 2. The van der Waals surface area contributed by atoms with Gasteiger partial charge in [-0.05, 0) is 75.6 Å². The van der Waals surface area contributed by atoms with Gasteiger partial charge in [-0.15, -0.1) is 0 Å². The SMILES string of the molecule is CC(=O)O[C@H]1C(=O)[C@@]2(C)C([C@H](NC(=O)c3ccc(Cl)cc3)[C@]3(O)C[C@H](OC(=O)[C@@H](O)[C@@H](NC(=O)OC(C)(C)C)c4ccccc4)C(C)=C1C3(C)C)[C@]1(OC(C)=O)CO[C@@H]1C[C@@H]2O. The molecule has 3 aliphatic carbocycles. The van der Waals surface area contributed by atoms with Crippen molar-refractivity contribution >= 4 is 47.3 Å². The van der Waals surface area contributed by atoms with Gasteiger partial charge in [-0.25, -0.2) is 9.59 Å². The van der Waals surface area contributed by atoms with Crippen LogP contribution in [0.25, 0.3) is 0 Å². The fourth-order valence-corrected chi connectivity index (χ4v) is 10.1. The van der Waals surface area contributed by atoms with E-state index in [1.807, 2.05) is 0 Å². The van der Waals surface area contributed by atoms with E-state index in [9.17, 15) is 39.3 Å². The maximum atomic E-state index is 15.5. The first-order valence-corrected chi connectivity index (χ1v) is 20.8. The summed E-state index contributed by atoms with van der Waals surface area (Å²) in [5.74, 6) is -5.98. The number of fused-ring (bicyclic) bond motifs is 5. The van der Waals surface area contributed by atoms with Gasteiger partial charge < -0.3 is 49.6 Å². The molecule has 0 aromatic heterocycles. The largest absolute Gasteiger partial charge is 0.456 e. The summed E-state index contributed by atoms with van der Waals surface area (Å²) in [5.41, 5.74) is -8.03. The Bertz CT molecular complexity index is 2150. The molecule has 62 heavy (non-hydrogen) atoms. The van der Waals surface area contributed by atoms with Crippen molar-refractivity contribution in [1.82, 2.24) is 10.6 Å². The van der Waals surface area contributed by atoms with Crippen molar-refractivity contribution in [3.05, 3.63) is 81.9 Å². The molecule has 11 atom stereocenters. The Balaban J connectivity index is 1.54. The van der Waals surface area contributed by atoms with Crippen LogP contribution in [0.1, 0.15) is 97.1 Å². The summed E-state index contributed by atoms with van der Waals surface area (Å²) in [7, 11) is 0. The average molecular weight is 883 g/mol. The number of nitrogens with one attached hydrogen (secondary N) is 2. The molecule has 2 aromatic rings. The number of Topliss-reactive ketones (excluding diaryl/α,β-unsaturated/α-hetero) is 1. The maximum absolute atomic E-state index is 15.5. The number of rotatable bonds is 9. The molecular formula is C45H55ClN2O14. The molecule has 0 radical (unpaired) electrons. The monoisotopic (exact) mass is 882 g/mol. The van der Waals surface area contributed by atoms with Gasteiger partial charge in [0.15, 0.2) is 23.6 Å². The number of amides is 2. The third kappa shape index (κ3) is 8.11. The summed E-state index contributed by atoms with van der Waals surface area (Å²) in [6, 6.07) is 11.0. The quantitative estimate of drug-likeness (QED) is 0.136. The molecule has 3 fully saturated rings. The fraction of sp³-hybridized carbons (Fsp3) is 0.556. The van der Waals surface area contributed by atoms with E-state index in [1.54, 1.807) is 65.0 Å². The molecule has 1 aliphatic heterocycles. The van der Waals surface area contributed by atoms with Gasteiger partial charge >= 0.3 is 24.0 Å². The molecule has 2 aromatic carbocycles. The van der Waals surface area contributed by atoms with E-state index in [1.165, 1.54) is 38.1 Å². The van der Waals surface area contributed by atoms with Crippen molar-refractivity contribution in [3.8, 4) is 0 Å². The minimum absolute atomic E-state index is 0.0105. The van der Waals surface area contributed by atoms with E-state index in [4.69, 9.17) is 35.3 Å². The molecule has 1 heterocycles. The Labute approximate surface area is 364 Å². The molecule has 4 aliphatic rings. The van der Waals surface area contributed by atoms with Crippen molar-refractivity contribution < 1.29 is 67.8 Å². The highest BCUT2D eigenvalue weighted by Gasteiger charge is 2.77. The number of hydrogen-bond donors (Lipinski definition) is 5. The molecule has 336 valence electrons. The average Bonchev–Trinajstić information content (AvgIpc) is 3.17.